The first-order chi connectivity index (χ1) is 14.4. The molecule has 1 aliphatic heterocycles. The Morgan fingerprint density at radius 1 is 1.17 bits per heavy atom. The SMILES string of the molecule is CS(=O)(=O)N1CC2(CCC(C(=O)N[C@@H]3C[C@H]3c3cccnc3)CC2)c2ccccc21. The Labute approximate surface area is 177 Å². The molecule has 2 atom stereocenters. The molecule has 1 aromatic carbocycles. The molecule has 5 rings (SSSR count). The van der Waals surface area contributed by atoms with E-state index in [4.69, 9.17) is 0 Å². The van der Waals surface area contributed by atoms with Crippen LogP contribution in [0.5, 0.6) is 0 Å². The number of benzene rings is 1. The van der Waals surface area contributed by atoms with Crippen LogP contribution in [0.25, 0.3) is 0 Å². The Kier molecular flexibility index (Phi) is 4.61. The fraction of sp³-hybridized carbons (Fsp3) is 0.478. The molecule has 1 amide bonds. The first-order valence-electron chi connectivity index (χ1n) is 10.6. The molecule has 0 unspecified atom stereocenters. The van der Waals surface area contributed by atoms with Crippen molar-refractivity contribution < 1.29 is 13.2 Å². The van der Waals surface area contributed by atoms with E-state index in [0.717, 1.165) is 43.4 Å². The summed E-state index contributed by atoms with van der Waals surface area (Å²) in [6.45, 7) is 0.491. The van der Waals surface area contributed by atoms with Gasteiger partial charge in [-0.25, -0.2) is 8.42 Å². The van der Waals surface area contributed by atoms with E-state index < -0.39 is 10.0 Å². The number of nitrogens with zero attached hydrogens (tertiary/aromatic N) is 2. The average molecular weight is 426 g/mol. The fourth-order valence-corrected chi connectivity index (χ4v) is 6.36. The van der Waals surface area contributed by atoms with Crippen LogP contribution in [0.3, 0.4) is 0 Å². The molecule has 0 bridgehead atoms. The van der Waals surface area contributed by atoms with Crippen molar-refractivity contribution in [3.05, 3.63) is 59.9 Å². The number of sulfonamides is 1. The van der Waals surface area contributed by atoms with E-state index in [0.29, 0.717) is 12.5 Å². The van der Waals surface area contributed by atoms with Crippen LogP contribution in [-0.2, 0) is 20.2 Å². The quantitative estimate of drug-likeness (QED) is 0.817. The van der Waals surface area contributed by atoms with Crippen molar-refractivity contribution in [3.63, 3.8) is 0 Å². The number of amides is 1. The van der Waals surface area contributed by atoms with Crippen LogP contribution in [-0.4, -0.2) is 38.2 Å². The Morgan fingerprint density at radius 2 is 1.93 bits per heavy atom. The molecule has 1 aromatic heterocycles. The van der Waals surface area contributed by atoms with E-state index in [1.807, 2.05) is 30.5 Å². The van der Waals surface area contributed by atoms with E-state index in [1.54, 1.807) is 10.5 Å². The summed E-state index contributed by atoms with van der Waals surface area (Å²) >= 11 is 0. The number of carbonyl (C=O) groups is 1. The molecule has 2 aromatic rings. The molecule has 2 heterocycles. The molecule has 3 aliphatic rings. The van der Waals surface area contributed by atoms with Crippen LogP contribution < -0.4 is 9.62 Å². The largest absolute Gasteiger partial charge is 0.352 e. The lowest BCUT2D eigenvalue weighted by Crippen LogP contribution is -2.42. The zero-order valence-electron chi connectivity index (χ0n) is 17.1. The molecular formula is C23H27N3O3S. The highest BCUT2D eigenvalue weighted by molar-refractivity contribution is 7.92. The van der Waals surface area contributed by atoms with Crippen molar-refractivity contribution >= 4 is 21.6 Å². The second kappa shape index (κ2) is 7.08. The van der Waals surface area contributed by atoms with Crippen LogP contribution in [0.15, 0.2) is 48.8 Å². The van der Waals surface area contributed by atoms with E-state index in [-0.39, 0.29) is 23.3 Å². The van der Waals surface area contributed by atoms with Gasteiger partial charge in [-0.1, -0.05) is 24.3 Å². The average Bonchev–Trinajstić information content (AvgIpc) is 3.43. The third-order valence-corrected chi connectivity index (χ3v) is 8.26. The third-order valence-electron chi connectivity index (χ3n) is 7.13. The first-order valence-corrected chi connectivity index (χ1v) is 12.5. The highest BCUT2D eigenvalue weighted by Gasteiger charge is 2.48. The lowest BCUT2D eigenvalue weighted by Gasteiger charge is -2.37. The molecular weight excluding hydrogens is 398 g/mol. The van der Waals surface area contributed by atoms with E-state index in [1.165, 1.54) is 11.8 Å². The molecule has 158 valence electrons. The van der Waals surface area contributed by atoms with Gasteiger partial charge in [-0.3, -0.25) is 14.1 Å². The Hall–Kier alpha value is -2.41. The van der Waals surface area contributed by atoms with Gasteiger partial charge >= 0.3 is 0 Å². The molecule has 7 heteroatoms. The van der Waals surface area contributed by atoms with Gasteiger partial charge < -0.3 is 5.32 Å². The van der Waals surface area contributed by atoms with E-state index >= 15 is 0 Å². The van der Waals surface area contributed by atoms with Crippen LogP contribution in [0.4, 0.5) is 5.69 Å². The minimum absolute atomic E-state index is 0.00483. The summed E-state index contributed by atoms with van der Waals surface area (Å²) in [5.74, 6) is 0.528. The van der Waals surface area contributed by atoms with Gasteiger partial charge in [0.15, 0.2) is 0 Å². The monoisotopic (exact) mass is 425 g/mol. The van der Waals surface area contributed by atoms with E-state index in [9.17, 15) is 13.2 Å². The maximum atomic E-state index is 12.9. The van der Waals surface area contributed by atoms with Gasteiger partial charge in [0.1, 0.15) is 0 Å². The summed E-state index contributed by atoms with van der Waals surface area (Å²) in [4.78, 5) is 17.0. The number of rotatable bonds is 4. The molecule has 1 spiro atoms. The number of pyridine rings is 1. The van der Waals surface area contributed by atoms with Gasteiger partial charge in [0.25, 0.3) is 0 Å². The summed E-state index contributed by atoms with van der Waals surface area (Å²) in [5, 5.41) is 3.23. The second-order valence-corrected chi connectivity index (χ2v) is 11.0. The predicted octanol–water partition coefficient (Wildman–Crippen LogP) is 2.96. The van der Waals surface area contributed by atoms with Gasteiger partial charge in [0.2, 0.25) is 15.9 Å². The van der Waals surface area contributed by atoms with Crippen LogP contribution >= 0.6 is 0 Å². The van der Waals surface area contributed by atoms with Gasteiger partial charge in [0.05, 0.1) is 11.9 Å². The second-order valence-electron chi connectivity index (χ2n) is 9.09. The van der Waals surface area contributed by atoms with Crippen molar-refractivity contribution in [2.24, 2.45) is 5.92 Å². The molecule has 6 nitrogen and oxygen atoms in total. The molecule has 0 saturated heterocycles. The molecule has 2 fully saturated rings. The highest BCUT2D eigenvalue weighted by atomic mass is 32.2. The Balaban J connectivity index is 1.24. The van der Waals surface area contributed by atoms with Crippen molar-refractivity contribution in [1.82, 2.24) is 10.3 Å². The zero-order chi connectivity index (χ0) is 20.9. The Morgan fingerprint density at radius 3 is 2.63 bits per heavy atom. The number of fused-ring (bicyclic) bond motifs is 2. The summed E-state index contributed by atoms with van der Waals surface area (Å²) < 4.78 is 26.2. The number of carbonyl (C=O) groups excluding carboxylic acids is 1. The molecule has 0 radical (unpaired) electrons. The summed E-state index contributed by atoms with van der Waals surface area (Å²) in [6.07, 6.45) is 9.16. The van der Waals surface area contributed by atoms with Crippen molar-refractivity contribution in [1.29, 1.82) is 0 Å². The number of hydrogen-bond acceptors (Lipinski definition) is 4. The van der Waals surface area contributed by atoms with Crippen molar-refractivity contribution in [2.75, 3.05) is 17.1 Å². The topological polar surface area (TPSA) is 79.4 Å². The summed E-state index contributed by atoms with van der Waals surface area (Å²) in [6, 6.07) is 12.1. The maximum Gasteiger partial charge on any atom is 0.232 e. The molecule has 30 heavy (non-hydrogen) atoms. The van der Waals surface area contributed by atoms with Gasteiger partial charge in [-0.15, -0.1) is 0 Å². The number of aromatic nitrogens is 1. The zero-order valence-corrected chi connectivity index (χ0v) is 17.9. The number of anilines is 1. The highest BCUT2D eigenvalue weighted by Crippen LogP contribution is 2.51. The molecule has 2 aliphatic carbocycles. The first kappa shape index (κ1) is 19.5. The third kappa shape index (κ3) is 3.39. The predicted molar refractivity (Wildman–Crippen MR) is 116 cm³/mol. The lowest BCUT2D eigenvalue weighted by atomic mass is 9.67. The minimum atomic E-state index is -3.31. The maximum absolute atomic E-state index is 12.9. The van der Waals surface area contributed by atoms with Gasteiger partial charge in [0, 0.05) is 42.2 Å². The van der Waals surface area contributed by atoms with Crippen LogP contribution in [0, 0.1) is 5.92 Å². The van der Waals surface area contributed by atoms with E-state index in [2.05, 4.69) is 22.4 Å². The lowest BCUT2D eigenvalue weighted by molar-refractivity contribution is -0.126. The standard InChI is InChI=1S/C23H27N3O3S/c1-30(28,29)26-15-23(19-6-2-3-7-21(19)26)10-8-16(9-11-23)22(27)25-20-13-18(20)17-5-4-12-24-14-17/h2-7,12,14,16,18,20H,8-11,13,15H2,1H3,(H,25,27)/t16?,18-,20+,23?/m0/s1. The fourth-order valence-electron chi connectivity index (χ4n) is 5.36. The Bertz CT molecular complexity index is 1060. The molecule has 1 N–H and O–H groups in total. The van der Waals surface area contributed by atoms with Gasteiger partial charge in [-0.05, 0) is 55.4 Å². The summed E-state index contributed by atoms with van der Waals surface area (Å²) in [7, 11) is -3.31. The summed E-state index contributed by atoms with van der Waals surface area (Å²) in [5.41, 5.74) is 2.94. The van der Waals surface area contributed by atoms with Crippen molar-refractivity contribution in [2.45, 2.75) is 49.5 Å². The van der Waals surface area contributed by atoms with Crippen LogP contribution in [0.1, 0.15) is 49.1 Å². The number of nitrogens with one attached hydrogen (secondary N) is 1. The smallest absolute Gasteiger partial charge is 0.232 e. The van der Waals surface area contributed by atoms with Crippen LogP contribution in [0.2, 0.25) is 0 Å². The van der Waals surface area contributed by atoms with Gasteiger partial charge in [-0.2, -0.15) is 0 Å². The molecule has 2 saturated carbocycles. The number of hydrogen-bond donors (Lipinski definition) is 1. The minimum Gasteiger partial charge on any atom is -0.352 e. The normalized spacial score (nSPS) is 30.2. The van der Waals surface area contributed by atoms with Crippen molar-refractivity contribution in [3.8, 4) is 0 Å². The number of para-hydroxylation sites is 1.